The van der Waals surface area contributed by atoms with E-state index in [1.54, 1.807) is 24.3 Å². The zero-order valence-corrected chi connectivity index (χ0v) is 17.9. The molecule has 0 amide bonds. The van der Waals surface area contributed by atoms with Crippen LogP contribution in [-0.2, 0) is 25.4 Å². The number of rotatable bonds is 7. The number of ether oxygens (including phenoxy) is 4. The summed E-state index contributed by atoms with van der Waals surface area (Å²) >= 11 is 0. The van der Waals surface area contributed by atoms with Crippen LogP contribution in [0.15, 0.2) is 48.5 Å². The molecule has 2 aliphatic heterocycles. The van der Waals surface area contributed by atoms with Gasteiger partial charge in [-0.3, -0.25) is 0 Å². The van der Waals surface area contributed by atoms with Gasteiger partial charge in [-0.2, -0.15) is 0 Å². The van der Waals surface area contributed by atoms with Crippen molar-refractivity contribution in [3.8, 4) is 0 Å². The minimum atomic E-state index is -0.527. The molecule has 2 fully saturated rings. The van der Waals surface area contributed by atoms with Crippen molar-refractivity contribution in [1.82, 2.24) is 0 Å². The van der Waals surface area contributed by atoms with Gasteiger partial charge >= 0.3 is 11.9 Å². The van der Waals surface area contributed by atoms with Crippen LogP contribution in [0.25, 0.3) is 0 Å². The number of benzene rings is 2. The van der Waals surface area contributed by atoms with Crippen molar-refractivity contribution in [2.45, 2.75) is 57.5 Å². The van der Waals surface area contributed by atoms with Crippen molar-refractivity contribution in [2.75, 3.05) is 13.2 Å². The smallest absolute Gasteiger partial charge is 0.338 e. The van der Waals surface area contributed by atoms with Crippen LogP contribution in [-0.4, -0.2) is 49.6 Å². The number of aryl methyl sites for hydroxylation is 2. The third kappa shape index (κ3) is 4.97. The third-order valence-electron chi connectivity index (χ3n) is 5.78. The first-order valence-electron chi connectivity index (χ1n) is 10.9. The molecular weight excluding hydrogens is 396 g/mol. The second-order valence-electron chi connectivity index (χ2n) is 8.15. The van der Waals surface area contributed by atoms with Gasteiger partial charge in [-0.25, -0.2) is 9.59 Å². The summed E-state index contributed by atoms with van der Waals surface area (Å²) in [5, 5.41) is 0. The van der Waals surface area contributed by atoms with Crippen LogP contribution in [0, 0.1) is 6.92 Å². The quantitative estimate of drug-likeness (QED) is 0.628. The molecule has 2 aromatic rings. The topological polar surface area (TPSA) is 71.1 Å². The zero-order chi connectivity index (χ0) is 21.8. The van der Waals surface area contributed by atoms with E-state index in [9.17, 15) is 9.59 Å². The van der Waals surface area contributed by atoms with Crippen molar-refractivity contribution in [2.24, 2.45) is 0 Å². The van der Waals surface area contributed by atoms with Gasteiger partial charge in [0.25, 0.3) is 0 Å². The molecule has 1 unspecified atom stereocenters. The second kappa shape index (κ2) is 9.62. The molecule has 0 radical (unpaired) electrons. The molecule has 0 N–H and O–H groups in total. The minimum absolute atomic E-state index is 0.215. The Kier molecular flexibility index (Phi) is 6.68. The number of unbranched alkanes of at least 4 members (excludes halogenated alkanes) is 1. The standard InChI is InChI=1S/C25H28O6/c1-3-4-5-17-8-12-19(13-9-17)25(27)31-21-15-29-22-20(14-28-23(21)22)30-24(26)18-10-6-16(2)7-11-18/h6-13,20-23H,3-5,14-15H2,1-2H3/t20-,21?,22+,23+/m0/s1. The number of carbonyl (C=O) groups excluding carboxylic acids is 2. The van der Waals surface area contributed by atoms with Crippen molar-refractivity contribution >= 4 is 11.9 Å². The summed E-state index contributed by atoms with van der Waals surface area (Å²) in [5.74, 6) is -0.818. The van der Waals surface area contributed by atoms with Gasteiger partial charge in [0.2, 0.25) is 0 Å². The molecule has 4 atom stereocenters. The normalized spacial score (nSPS) is 24.6. The van der Waals surface area contributed by atoms with Crippen molar-refractivity contribution < 1.29 is 28.5 Å². The van der Waals surface area contributed by atoms with Crippen LogP contribution < -0.4 is 0 Å². The van der Waals surface area contributed by atoms with Gasteiger partial charge in [-0.1, -0.05) is 43.2 Å². The van der Waals surface area contributed by atoms with E-state index >= 15 is 0 Å². The number of esters is 2. The Morgan fingerprint density at radius 2 is 1.32 bits per heavy atom. The maximum atomic E-state index is 12.6. The van der Waals surface area contributed by atoms with Crippen LogP contribution in [0.1, 0.15) is 51.6 Å². The van der Waals surface area contributed by atoms with E-state index in [-0.39, 0.29) is 13.2 Å². The molecular formula is C25H28O6. The Labute approximate surface area is 182 Å². The molecule has 0 aromatic heterocycles. The molecule has 6 heteroatoms. The molecule has 0 saturated carbocycles. The lowest BCUT2D eigenvalue weighted by Gasteiger charge is -2.17. The predicted molar refractivity (Wildman–Crippen MR) is 114 cm³/mol. The highest BCUT2D eigenvalue weighted by Crippen LogP contribution is 2.31. The van der Waals surface area contributed by atoms with Crippen LogP contribution >= 0.6 is 0 Å². The first-order chi connectivity index (χ1) is 15.0. The molecule has 31 heavy (non-hydrogen) atoms. The lowest BCUT2D eigenvalue weighted by atomic mass is 10.1. The molecule has 4 rings (SSSR count). The van der Waals surface area contributed by atoms with E-state index in [0.717, 1.165) is 24.8 Å². The van der Waals surface area contributed by atoms with Gasteiger partial charge in [-0.05, 0) is 49.6 Å². The Morgan fingerprint density at radius 1 is 0.839 bits per heavy atom. The largest absolute Gasteiger partial charge is 0.453 e. The monoisotopic (exact) mass is 424 g/mol. The molecule has 6 nitrogen and oxygen atoms in total. The minimum Gasteiger partial charge on any atom is -0.453 e. The fourth-order valence-corrected chi connectivity index (χ4v) is 3.92. The van der Waals surface area contributed by atoms with Crippen LogP contribution in [0.2, 0.25) is 0 Å². The van der Waals surface area contributed by atoms with Gasteiger partial charge in [0.05, 0.1) is 24.3 Å². The van der Waals surface area contributed by atoms with Crippen molar-refractivity contribution in [3.05, 3.63) is 70.8 Å². The number of hydrogen-bond donors (Lipinski definition) is 0. The van der Waals surface area contributed by atoms with E-state index < -0.39 is 36.4 Å². The number of hydrogen-bond acceptors (Lipinski definition) is 6. The molecule has 164 valence electrons. The average molecular weight is 424 g/mol. The lowest BCUT2D eigenvalue weighted by molar-refractivity contribution is -0.0287. The van der Waals surface area contributed by atoms with E-state index in [4.69, 9.17) is 18.9 Å². The van der Waals surface area contributed by atoms with E-state index in [2.05, 4.69) is 6.92 Å². The second-order valence-corrected chi connectivity index (χ2v) is 8.15. The van der Waals surface area contributed by atoms with E-state index in [1.165, 1.54) is 5.56 Å². The summed E-state index contributed by atoms with van der Waals surface area (Å²) in [4.78, 5) is 25.0. The summed E-state index contributed by atoms with van der Waals surface area (Å²) in [6.07, 6.45) is 1.32. The molecule has 2 aliphatic rings. The van der Waals surface area contributed by atoms with Crippen molar-refractivity contribution in [3.63, 3.8) is 0 Å². The Bertz CT molecular complexity index is 905. The van der Waals surface area contributed by atoms with E-state index in [0.29, 0.717) is 11.1 Å². The predicted octanol–water partition coefficient (Wildman–Crippen LogP) is 3.89. The molecule has 0 aliphatic carbocycles. The molecule has 0 spiro atoms. The highest BCUT2D eigenvalue weighted by molar-refractivity contribution is 5.90. The molecule has 0 bridgehead atoms. The zero-order valence-electron chi connectivity index (χ0n) is 17.9. The highest BCUT2D eigenvalue weighted by Gasteiger charge is 2.51. The molecule has 2 aromatic carbocycles. The Balaban J connectivity index is 1.32. The first kappa shape index (κ1) is 21.5. The summed E-state index contributed by atoms with van der Waals surface area (Å²) in [7, 11) is 0. The summed E-state index contributed by atoms with van der Waals surface area (Å²) in [5.41, 5.74) is 3.27. The van der Waals surface area contributed by atoms with Gasteiger partial charge in [0.1, 0.15) is 12.2 Å². The van der Waals surface area contributed by atoms with Gasteiger partial charge in [0, 0.05) is 0 Å². The number of fused-ring (bicyclic) bond motifs is 1. The highest BCUT2D eigenvalue weighted by atomic mass is 16.7. The Morgan fingerprint density at radius 3 is 1.81 bits per heavy atom. The maximum absolute atomic E-state index is 12.6. The summed E-state index contributed by atoms with van der Waals surface area (Å²) in [6.45, 7) is 4.54. The fourth-order valence-electron chi connectivity index (χ4n) is 3.92. The van der Waals surface area contributed by atoms with Gasteiger partial charge in [0.15, 0.2) is 12.2 Å². The van der Waals surface area contributed by atoms with Crippen LogP contribution in [0.4, 0.5) is 0 Å². The third-order valence-corrected chi connectivity index (χ3v) is 5.78. The van der Waals surface area contributed by atoms with Gasteiger partial charge < -0.3 is 18.9 Å². The Hall–Kier alpha value is -2.70. The fraction of sp³-hybridized carbons (Fsp3) is 0.440. The maximum Gasteiger partial charge on any atom is 0.338 e. The molecule has 2 saturated heterocycles. The SMILES string of the molecule is CCCCc1ccc(C(=O)OC2CO[C@@H]3[C@@H](OC(=O)c4ccc(C)cc4)CO[C@H]23)cc1. The van der Waals surface area contributed by atoms with Crippen LogP contribution in [0.3, 0.4) is 0 Å². The number of carbonyl (C=O) groups is 2. The average Bonchev–Trinajstić information content (AvgIpc) is 3.36. The van der Waals surface area contributed by atoms with Gasteiger partial charge in [-0.15, -0.1) is 0 Å². The lowest BCUT2D eigenvalue weighted by Crippen LogP contribution is -2.36. The van der Waals surface area contributed by atoms with Crippen LogP contribution in [0.5, 0.6) is 0 Å². The first-order valence-corrected chi connectivity index (χ1v) is 10.9. The summed E-state index contributed by atoms with van der Waals surface area (Å²) < 4.78 is 22.8. The molecule has 2 heterocycles. The van der Waals surface area contributed by atoms with Crippen molar-refractivity contribution in [1.29, 1.82) is 0 Å². The van der Waals surface area contributed by atoms with E-state index in [1.807, 2.05) is 31.2 Å². The summed E-state index contributed by atoms with van der Waals surface area (Å²) in [6, 6.07) is 14.7.